The van der Waals surface area contributed by atoms with Gasteiger partial charge in [-0.2, -0.15) is 5.10 Å². The molecule has 2 N–H and O–H groups in total. The summed E-state index contributed by atoms with van der Waals surface area (Å²) in [6.45, 7) is 8.12. The van der Waals surface area contributed by atoms with Gasteiger partial charge in [-0.15, -0.1) is 0 Å². The van der Waals surface area contributed by atoms with E-state index in [9.17, 15) is 0 Å². The highest BCUT2D eigenvalue weighted by atomic mass is 16.5. The highest BCUT2D eigenvalue weighted by Gasteiger charge is 2.16. The highest BCUT2D eigenvalue weighted by Crippen LogP contribution is 2.15. The van der Waals surface area contributed by atoms with Crippen LogP contribution in [0.5, 0.6) is 0 Å². The molecule has 0 saturated heterocycles. The lowest BCUT2D eigenvalue weighted by atomic mass is 10.2. The van der Waals surface area contributed by atoms with Gasteiger partial charge in [0.1, 0.15) is 0 Å². The number of ether oxygens (including phenoxy) is 2. The lowest BCUT2D eigenvalue weighted by molar-refractivity contribution is -0.0111. The molecule has 0 aliphatic heterocycles. The van der Waals surface area contributed by atoms with Crippen molar-refractivity contribution in [2.24, 2.45) is 5.73 Å². The van der Waals surface area contributed by atoms with Gasteiger partial charge >= 0.3 is 0 Å². The summed E-state index contributed by atoms with van der Waals surface area (Å²) in [5, 5.41) is 4.28. The van der Waals surface area contributed by atoms with E-state index in [0.717, 1.165) is 25.3 Å². The second kappa shape index (κ2) is 6.87. The van der Waals surface area contributed by atoms with Crippen LogP contribution in [0, 0.1) is 0 Å². The molecule has 1 aromatic rings. The number of aryl methyl sites for hydroxylation is 1. The van der Waals surface area contributed by atoms with Crippen LogP contribution in [-0.2, 0) is 16.0 Å². The van der Waals surface area contributed by atoms with E-state index >= 15 is 0 Å². The van der Waals surface area contributed by atoms with Gasteiger partial charge in [0.2, 0.25) is 0 Å². The summed E-state index contributed by atoms with van der Waals surface area (Å²) in [5.74, 6) is 0. The molecule has 0 fully saturated rings. The van der Waals surface area contributed by atoms with E-state index in [1.54, 1.807) is 13.3 Å². The van der Waals surface area contributed by atoms with Crippen LogP contribution in [0.4, 0.5) is 0 Å². The first-order valence-corrected chi connectivity index (χ1v) is 6.34. The Balaban J connectivity index is 2.52. The van der Waals surface area contributed by atoms with Crippen LogP contribution in [0.25, 0.3) is 0 Å². The van der Waals surface area contributed by atoms with Crippen LogP contribution in [-0.4, -0.2) is 35.7 Å². The summed E-state index contributed by atoms with van der Waals surface area (Å²) in [5.41, 5.74) is 6.98. The van der Waals surface area contributed by atoms with Gasteiger partial charge in [0.25, 0.3) is 0 Å². The molecule has 1 unspecified atom stereocenters. The fourth-order valence-electron chi connectivity index (χ4n) is 1.63. The minimum absolute atomic E-state index is 0.144. The third kappa shape index (κ3) is 5.16. The van der Waals surface area contributed by atoms with Gasteiger partial charge in [0, 0.05) is 26.5 Å². The van der Waals surface area contributed by atoms with Crippen molar-refractivity contribution in [3.8, 4) is 0 Å². The second-order valence-corrected chi connectivity index (χ2v) is 5.36. The maximum atomic E-state index is 6.13. The van der Waals surface area contributed by atoms with E-state index < -0.39 is 0 Å². The van der Waals surface area contributed by atoms with Gasteiger partial charge < -0.3 is 15.2 Å². The quantitative estimate of drug-likeness (QED) is 0.754. The van der Waals surface area contributed by atoms with E-state index in [2.05, 4.69) is 5.10 Å². The predicted octanol–water partition coefficient (Wildman–Crippen LogP) is 1.73. The standard InChI is InChI=1S/C13H25N3O2/c1-13(2,3)18-10-11(14)12-6-7-15-16(12)8-5-9-17-4/h6-7,11H,5,8-10,14H2,1-4H3. The zero-order valence-corrected chi connectivity index (χ0v) is 11.8. The van der Waals surface area contributed by atoms with Crippen molar-refractivity contribution in [2.75, 3.05) is 20.3 Å². The van der Waals surface area contributed by atoms with Crippen molar-refractivity contribution in [2.45, 2.75) is 45.4 Å². The average molecular weight is 255 g/mol. The number of methoxy groups -OCH3 is 1. The molecule has 1 atom stereocenters. The van der Waals surface area contributed by atoms with Gasteiger partial charge in [-0.1, -0.05) is 0 Å². The molecular weight excluding hydrogens is 230 g/mol. The van der Waals surface area contributed by atoms with E-state index in [0.29, 0.717) is 6.61 Å². The summed E-state index contributed by atoms with van der Waals surface area (Å²) in [6, 6.07) is 1.80. The summed E-state index contributed by atoms with van der Waals surface area (Å²) in [6.07, 6.45) is 2.71. The smallest absolute Gasteiger partial charge is 0.0704 e. The second-order valence-electron chi connectivity index (χ2n) is 5.36. The summed E-state index contributed by atoms with van der Waals surface area (Å²) in [4.78, 5) is 0. The number of rotatable bonds is 7. The Morgan fingerprint density at radius 1 is 1.44 bits per heavy atom. The fraction of sp³-hybridized carbons (Fsp3) is 0.769. The third-order valence-corrected chi connectivity index (χ3v) is 2.54. The summed E-state index contributed by atoms with van der Waals surface area (Å²) in [7, 11) is 1.70. The molecular formula is C13H25N3O2. The molecule has 0 bridgehead atoms. The molecule has 0 amide bonds. The van der Waals surface area contributed by atoms with Crippen LogP contribution in [0.15, 0.2) is 12.3 Å². The van der Waals surface area contributed by atoms with Crippen molar-refractivity contribution >= 4 is 0 Å². The lowest BCUT2D eigenvalue weighted by Crippen LogP contribution is -2.28. The monoisotopic (exact) mass is 255 g/mol. The Morgan fingerprint density at radius 3 is 2.78 bits per heavy atom. The minimum Gasteiger partial charge on any atom is -0.385 e. The van der Waals surface area contributed by atoms with Crippen molar-refractivity contribution in [3.05, 3.63) is 18.0 Å². The first-order chi connectivity index (χ1) is 8.44. The number of hydrogen-bond donors (Lipinski definition) is 1. The van der Waals surface area contributed by atoms with Crippen LogP contribution in [0.1, 0.15) is 38.9 Å². The van der Waals surface area contributed by atoms with Gasteiger partial charge in [0.15, 0.2) is 0 Å². The molecule has 0 spiro atoms. The van der Waals surface area contributed by atoms with Crippen LogP contribution < -0.4 is 5.73 Å². The summed E-state index contributed by atoms with van der Waals surface area (Å²) < 4.78 is 12.7. The molecule has 0 aliphatic carbocycles. The first kappa shape index (κ1) is 15.1. The highest BCUT2D eigenvalue weighted by molar-refractivity contribution is 5.06. The molecule has 18 heavy (non-hydrogen) atoms. The van der Waals surface area contributed by atoms with Crippen molar-refractivity contribution in [1.82, 2.24) is 9.78 Å². The van der Waals surface area contributed by atoms with Crippen LogP contribution >= 0.6 is 0 Å². The predicted molar refractivity (Wildman–Crippen MR) is 71.4 cm³/mol. The molecule has 5 heteroatoms. The van der Waals surface area contributed by atoms with E-state index in [1.165, 1.54) is 0 Å². The average Bonchev–Trinajstić information content (AvgIpc) is 2.74. The molecule has 5 nitrogen and oxygen atoms in total. The molecule has 0 aliphatic rings. The van der Waals surface area contributed by atoms with Crippen molar-refractivity contribution < 1.29 is 9.47 Å². The Kier molecular flexibility index (Phi) is 5.78. The Hall–Kier alpha value is -0.910. The largest absolute Gasteiger partial charge is 0.385 e. The molecule has 0 aromatic carbocycles. The van der Waals surface area contributed by atoms with Gasteiger partial charge in [0.05, 0.1) is 23.9 Å². The van der Waals surface area contributed by atoms with E-state index in [1.807, 2.05) is 31.5 Å². The van der Waals surface area contributed by atoms with Crippen LogP contribution in [0.2, 0.25) is 0 Å². The molecule has 1 aromatic heterocycles. The maximum absolute atomic E-state index is 6.13. The lowest BCUT2D eigenvalue weighted by Gasteiger charge is -2.23. The molecule has 0 saturated carbocycles. The van der Waals surface area contributed by atoms with Gasteiger partial charge in [-0.05, 0) is 33.3 Å². The number of hydrogen-bond acceptors (Lipinski definition) is 4. The van der Waals surface area contributed by atoms with Crippen LogP contribution in [0.3, 0.4) is 0 Å². The number of aromatic nitrogens is 2. The zero-order valence-electron chi connectivity index (χ0n) is 11.8. The topological polar surface area (TPSA) is 62.3 Å². The maximum Gasteiger partial charge on any atom is 0.0704 e. The normalized spacial score (nSPS) is 13.8. The van der Waals surface area contributed by atoms with Gasteiger partial charge in [-0.25, -0.2) is 0 Å². The zero-order chi connectivity index (χ0) is 13.6. The minimum atomic E-state index is -0.168. The Labute approximate surface area is 109 Å². The fourth-order valence-corrected chi connectivity index (χ4v) is 1.63. The first-order valence-electron chi connectivity index (χ1n) is 6.34. The molecule has 104 valence electrons. The number of nitrogens with zero attached hydrogens (tertiary/aromatic N) is 2. The van der Waals surface area contributed by atoms with Crippen molar-refractivity contribution in [3.63, 3.8) is 0 Å². The molecule has 1 rings (SSSR count). The van der Waals surface area contributed by atoms with E-state index in [4.69, 9.17) is 15.2 Å². The SMILES string of the molecule is COCCCn1nccc1C(N)COC(C)(C)C. The third-order valence-electron chi connectivity index (χ3n) is 2.54. The van der Waals surface area contributed by atoms with Crippen molar-refractivity contribution in [1.29, 1.82) is 0 Å². The molecule has 0 radical (unpaired) electrons. The summed E-state index contributed by atoms with van der Waals surface area (Å²) >= 11 is 0. The Morgan fingerprint density at radius 2 is 2.17 bits per heavy atom. The van der Waals surface area contributed by atoms with E-state index in [-0.39, 0.29) is 11.6 Å². The Bertz CT molecular complexity index is 344. The molecule has 1 heterocycles. The van der Waals surface area contributed by atoms with Gasteiger partial charge in [-0.3, -0.25) is 4.68 Å². The number of nitrogens with two attached hydrogens (primary N) is 1.